The summed E-state index contributed by atoms with van der Waals surface area (Å²) < 4.78 is 56.5. The Kier molecular flexibility index (Phi) is 7.40. The van der Waals surface area contributed by atoms with E-state index in [9.17, 15) is 22.0 Å². The smallest absolute Gasteiger partial charge is 0.264 e. The number of para-hydroxylation sites is 1. The summed E-state index contributed by atoms with van der Waals surface area (Å²) in [6.45, 7) is 2.10. The predicted octanol–water partition coefficient (Wildman–Crippen LogP) is 6.64. The summed E-state index contributed by atoms with van der Waals surface area (Å²) in [5.41, 5.74) is 1.54. The molecule has 0 aliphatic carbocycles. The minimum atomic E-state index is -3.87. The number of amides is 1. The second kappa shape index (κ2) is 10.9. The summed E-state index contributed by atoms with van der Waals surface area (Å²) in [7, 11) is -3.87. The second-order valence-corrected chi connectivity index (χ2v) is 11.5. The van der Waals surface area contributed by atoms with Gasteiger partial charge in [-0.15, -0.1) is 0 Å². The van der Waals surface area contributed by atoms with Gasteiger partial charge in [0.1, 0.15) is 11.3 Å². The Morgan fingerprint density at radius 1 is 0.897 bits per heavy atom. The number of hydrogen-bond acceptors (Lipinski definition) is 5. The first-order chi connectivity index (χ1) is 18.8. The zero-order chi connectivity index (χ0) is 27.6. The fourth-order valence-electron chi connectivity index (χ4n) is 4.19. The predicted molar refractivity (Wildman–Crippen MR) is 150 cm³/mol. The van der Waals surface area contributed by atoms with Crippen LogP contribution in [0.2, 0.25) is 0 Å². The molecule has 0 radical (unpaired) electrons. The number of rotatable bonds is 8. The van der Waals surface area contributed by atoms with Crippen molar-refractivity contribution in [1.29, 1.82) is 0 Å². The minimum absolute atomic E-state index is 0.0238. The molecular formula is C29H23F2N3O3S2. The lowest BCUT2D eigenvalue weighted by Crippen LogP contribution is -2.31. The molecule has 0 saturated carbocycles. The monoisotopic (exact) mass is 563 g/mol. The number of carbonyl (C=O) groups excluding carboxylic acids is 1. The zero-order valence-corrected chi connectivity index (χ0v) is 22.4. The van der Waals surface area contributed by atoms with Gasteiger partial charge in [0.15, 0.2) is 10.9 Å². The first-order valence-corrected chi connectivity index (χ1v) is 14.3. The third-order valence-electron chi connectivity index (χ3n) is 6.08. The van der Waals surface area contributed by atoms with Crippen LogP contribution in [0.1, 0.15) is 22.8 Å². The molecule has 0 aliphatic heterocycles. The van der Waals surface area contributed by atoms with E-state index in [4.69, 9.17) is 0 Å². The van der Waals surface area contributed by atoms with Gasteiger partial charge in [0.2, 0.25) is 0 Å². The molecule has 6 nitrogen and oxygen atoms in total. The van der Waals surface area contributed by atoms with E-state index in [-0.39, 0.29) is 38.9 Å². The maximum Gasteiger partial charge on any atom is 0.264 e. The zero-order valence-electron chi connectivity index (χ0n) is 20.8. The molecule has 5 aromatic rings. The molecular weight excluding hydrogens is 540 g/mol. The molecule has 1 aromatic heterocycles. The van der Waals surface area contributed by atoms with E-state index in [0.717, 1.165) is 23.0 Å². The van der Waals surface area contributed by atoms with Crippen LogP contribution in [0.15, 0.2) is 102 Å². The van der Waals surface area contributed by atoms with Crippen molar-refractivity contribution in [1.82, 2.24) is 4.98 Å². The highest BCUT2D eigenvalue weighted by Crippen LogP contribution is 2.33. The lowest BCUT2D eigenvalue weighted by atomic mass is 10.1. The SMILES string of the molecule is CCN(c1ccccc1)S(=O)(=O)c1ccc(C(=O)N(Cc2ccccc2)c2nc3c(F)cc(F)cc3s2)cc1. The van der Waals surface area contributed by atoms with Gasteiger partial charge < -0.3 is 0 Å². The number of sulfonamides is 1. The summed E-state index contributed by atoms with van der Waals surface area (Å²) in [4.78, 5) is 19.4. The van der Waals surface area contributed by atoms with E-state index in [1.165, 1.54) is 39.5 Å². The van der Waals surface area contributed by atoms with E-state index >= 15 is 0 Å². The van der Waals surface area contributed by atoms with Gasteiger partial charge in [-0.25, -0.2) is 22.2 Å². The first-order valence-electron chi connectivity index (χ1n) is 12.1. The Balaban J connectivity index is 1.50. The summed E-state index contributed by atoms with van der Waals surface area (Å²) >= 11 is 0.999. The van der Waals surface area contributed by atoms with Crippen LogP contribution in [0.5, 0.6) is 0 Å². The van der Waals surface area contributed by atoms with Crippen molar-refractivity contribution in [3.8, 4) is 0 Å². The Labute approximate surface area is 228 Å². The van der Waals surface area contributed by atoms with Crippen LogP contribution >= 0.6 is 11.3 Å². The van der Waals surface area contributed by atoms with E-state index in [1.54, 1.807) is 31.2 Å². The van der Waals surface area contributed by atoms with E-state index in [1.807, 2.05) is 36.4 Å². The first kappa shape index (κ1) is 26.5. The molecule has 0 saturated heterocycles. The van der Waals surface area contributed by atoms with E-state index in [0.29, 0.717) is 5.69 Å². The molecule has 4 aromatic carbocycles. The summed E-state index contributed by atoms with van der Waals surface area (Å²) in [6.07, 6.45) is 0. The minimum Gasteiger partial charge on any atom is -0.279 e. The van der Waals surface area contributed by atoms with Gasteiger partial charge in [-0.2, -0.15) is 0 Å². The summed E-state index contributed by atoms with van der Waals surface area (Å²) in [6, 6.07) is 25.6. The molecule has 0 bridgehead atoms. The van der Waals surface area contributed by atoms with E-state index in [2.05, 4.69) is 4.98 Å². The largest absolute Gasteiger partial charge is 0.279 e. The molecule has 5 rings (SSSR count). The quantitative estimate of drug-likeness (QED) is 0.212. The number of aromatic nitrogens is 1. The van der Waals surface area contributed by atoms with Crippen molar-refractivity contribution < 1.29 is 22.0 Å². The van der Waals surface area contributed by atoms with Gasteiger partial charge in [-0.3, -0.25) is 14.0 Å². The molecule has 1 heterocycles. The number of fused-ring (bicyclic) bond motifs is 1. The van der Waals surface area contributed by atoms with Crippen molar-refractivity contribution in [2.75, 3.05) is 15.7 Å². The van der Waals surface area contributed by atoms with Gasteiger partial charge in [0, 0.05) is 18.2 Å². The number of halogens is 2. The standard InChI is InChI=1S/C29H23F2N3O3S2/c1-2-34(23-11-7-4-8-12-23)39(36,37)24-15-13-21(14-16-24)28(35)33(19-20-9-5-3-6-10-20)29-32-27-25(31)17-22(30)18-26(27)38-29/h3-18H,2,19H2,1H3. The Morgan fingerprint density at radius 3 is 2.18 bits per heavy atom. The van der Waals surface area contributed by atoms with Gasteiger partial charge in [-0.05, 0) is 55.0 Å². The molecule has 0 N–H and O–H groups in total. The third kappa shape index (κ3) is 5.39. The molecule has 39 heavy (non-hydrogen) atoms. The van der Waals surface area contributed by atoms with Crippen LogP contribution in [0, 0.1) is 11.6 Å². The molecule has 1 amide bonds. The highest BCUT2D eigenvalue weighted by molar-refractivity contribution is 7.92. The maximum absolute atomic E-state index is 14.4. The molecule has 0 aliphatic rings. The maximum atomic E-state index is 14.4. The van der Waals surface area contributed by atoms with Crippen molar-refractivity contribution >= 4 is 48.3 Å². The van der Waals surface area contributed by atoms with Crippen molar-refractivity contribution in [2.24, 2.45) is 0 Å². The average molecular weight is 564 g/mol. The number of benzene rings is 4. The number of thiazole rings is 1. The fourth-order valence-corrected chi connectivity index (χ4v) is 6.67. The van der Waals surface area contributed by atoms with Crippen LogP contribution in [0.25, 0.3) is 10.2 Å². The highest BCUT2D eigenvalue weighted by atomic mass is 32.2. The lowest BCUT2D eigenvalue weighted by molar-refractivity contribution is 0.0985. The van der Waals surface area contributed by atoms with Gasteiger partial charge in [-0.1, -0.05) is 59.9 Å². The van der Waals surface area contributed by atoms with Crippen LogP contribution in [-0.2, 0) is 16.6 Å². The van der Waals surface area contributed by atoms with Gasteiger partial charge >= 0.3 is 0 Å². The number of hydrogen-bond donors (Lipinski definition) is 0. The van der Waals surface area contributed by atoms with Crippen LogP contribution < -0.4 is 9.21 Å². The fraction of sp³-hybridized carbons (Fsp3) is 0.103. The number of anilines is 2. The van der Waals surface area contributed by atoms with Gasteiger partial charge in [0.05, 0.1) is 21.8 Å². The Hall–Kier alpha value is -4.15. The highest BCUT2D eigenvalue weighted by Gasteiger charge is 2.26. The van der Waals surface area contributed by atoms with Crippen molar-refractivity contribution in [2.45, 2.75) is 18.4 Å². The van der Waals surface area contributed by atoms with Crippen LogP contribution in [-0.4, -0.2) is 25.9 Å². The third-order valence-corrected chi connectivity index (χ3v) is 9.02. The Morgan fingerprint density at radius 2 is 1.54 bits per heavy atom. The van der Waals surface area contributed by atoms with Crippen LogP contribution in [0.4, 0.5) is 19.6 Å². The molecule has 0 fully saturated rings. The second-order valence-electron chi connectivity index (χ2n) is 8.64. The topological polar surface area (TPSA) is 70.6 Å². The van der Waals surface area contributed by atoms with Gasteiger partial charge in [0.25, 0.3) is 15.9 Å². The summed E-state index contributed by atoms with van der Waals surface area (Å²) in [5, 5.41) is 0.196. The number of nitrogens with zero attached hydrogens (tertiary/aromatic N) is 3. The van der Waals surface area contributed by atoms with E-state index < -0.39 is 27.6 Å². The lowest BCUT2D eigenvalue weighted by Gasteiger charge is -2.23. The molecule has 10 heteroatoms. The van der Waals surface area contributed by atoms with Crippen LogP contribution in [0.3, 0.4) is 0 Å². The Bertz CT molecular complexity index is 1730. The summed E-state index contributed by atoms with van der Waals surface area (Å²) in [5.74, 6) is -2.00. The number of carbonyl (C=O) groups is 1. The molecule has 0 atom stereocenters. The van der Waals surface area contributed by atoms with Crippen molar-refractivity contribution in [3.63, 3.8) is 0 Å². The average Bonchev–Trinajstić information content (AvgIpc) is 3.37. The molecule has 198 valence electrons. The normalized spacial score (nSPS) is 11.5. The molecule has 0 spiro atoms. The molecule has 0 unspecified atom stereocenters. The van der Waals surface area contributed by atoms with Crippen molar-refractivity contribution in [3.05, 3.63) is 120 Å².